The summed E-state index contributed by atoms with van der Waals surface area (Å²) in [7, 11) is -1.85. The molecule has 0 radical (unpaired) electrons. The van der Waals surface area contributed by atoms with Crippen molar-refractivity contribution in [2.24, 2.45) is 7.05 Å². The number of sulfonamides is 1. The Morgan fingerprint density at radius 2 is 2.31 bits per heavy atom. The Labute approximate surface area is 95.1 Å². The second kappa shape index (κ2) is 5.09. The Balaban J connectivity index is 2.96. The van der Waals surface area contributed by atoms with Crippen molar-refractivity contribution in [3.8, 4) is 6.07 Å². The average molecular weight is 242 g/mol. The molecule has 0 fully saturated rings. The maximum absolute atomic E-state index is 12.0. The molecule has 7 heteroatoms. The van der Waals surface area contributed by atoms with Crippen LogP contribution in [-0.2, 0) is 17.1 Å². The summed E-state index contributed by atoms with van der Waals surface area (Å²) >= 11 is 0. The first kappa shape index (κ1) is 12.7. The van der Waals surface area contributed by atoms with Gasteiger partial charge in [0.15, 0.2) is 0 Å². The highest BCUT2D eigenvalue weighted by molar-refractivity contribution is 7.89. The summed E-state index contributed by atoms with van der Waals surface area (Å²) in [6, 6.07) is 1.93. The third-order valence-electron chi connectivity index (χ3n) is 2.14. The van der Waals surface area contributed by atoms with E-state index in [0.29, 0.717) is 6.54 Å². The predicted molar refractivity (Wildman–Crippen MR) is 57.9 cm³/mol. The Kier molecular flexibility index (Phi) is 4.04. The molecule has 1 rings (SSSR count). The lowest BCUT2D eigenvalue weighted by Crippen LogP contribution is -2.31. The van der Waals surface area contributed by atoms with Crippen molar-refractivity contribution in [3.05, 3.63) is 12.4 Å². The zero-order valence-corrected chi connectivity index (χ0v) is 10.1. The van der Waals surface area contributed by atoms with E-state index in [-0.39, 0.29) is 17.9 Å². The standard InChI is InChI=1S/C9H14N4O2S/c1-3-13(6-4-5-10)16(14,15)9-7-11-12(2)8-9/h7-8H,3-4,6H2,1-2H3. The minimum atomic E-state index is -3.50. The molecule has 0 N–H and O–H groups in total. The van der Waals surface area contributed by atoms with Crippen LogP contribution in [0.5, 0.6) is 0 Å². The zero-order chi connectivity index (χ0) is 12.2. The number of aryl methyl sites for hydroxylation is 1. The molecule has 0 bridgehead atoms. The van der Waals surface area contributed by atoms with Gasteiger partial charge in [-0.05, 0) is 0 Å². The average Bonchev–Trinajstić information content (AvgIpc) is 2.66. The monoisotopic (exact) mass is 242 g/mol. The molecule has 88 valence electrons. The van der Waals surface area contributed by atoms with Crippen LogP contribution in [-0.4, -0.2) is 35.6 Å². The minimum Gasteiger partial charge on any atom is -0.274 e. The molecule has 1 aromatic heterocycles. The third-order valence-corrected chi connectivity index (χ3v) is 4.07. The van der Waals surface area contributed by atoms with Crippen LogP contribution in [0.1, 0.15) is 13.3 Å². The molecule has 0 aromatic carbocycles. The minimum absolute atomic E-state index is 0.162. The van der Waals surface area contributed by atoms with Crippen LogP contribution in [0.4, 0.5) is 0 Å². The van der Waals surface area contributed by atoms with Gasteiger partial charge in [0.25, 0.3) is 0 Å². The van der Waals surface area contributed by atoms with Gasteiger partial charge >= 0.3 is 0 Å². The van der Waals surface area contributed by atoms with E-state index >= 15 is 0 Å². The summed E-state index contributed by atoms with van der Waals surface area (Å²) in [6.45, 7) is 2.30. The summed E-state index contributed by atoms with van der Waals surface area (Å²) in [5.41, 5.74) is 0. The van der Waals surface area contributed by atoms with Gasteiger partial charge in [0.05, 0.1) is 12.3 Å². The fraction of sp³-hybridized carbons (Fsp3) is 0.556. The van der Waals surface area contributed by atoms with Crippen molar-refractivity contribution in [1.82, 2.24) is 14.1 Å². The first-order valence-corrected chi connectivity index (χ1v) is 6.32. The molecule has 0 spiro atoms. The van der Waals surface area contributed by atoms with E-state index in [2.05, 4.69) is 5.10 Å². The van der Waals surface area contributed by atoms with E-state index in [0.717, 1.165) is 0 Å². The number of hydrogen-bond donors (Lipinski definition) is 0. The van der Waals surface area contributed by atoms with Gasteiger partial charge in [0.1, 0.15) is 4.90 Å². The fourth-order valence-electron chi connectivity index (χ4n) is 1.30. The van der Waals surface area contributed by atoms with E-state index in [1.165, 1.54) is 21.4 Å². The van der Waals surface area contributed by atoms with E-state index in [1.54, 1.807) is 14.0 Å². The van der Waals surface area contributed by atoms with Crippen LogP contribution >= 0.6 is 0 Å². The Morgan fingerprint density at radius 3 is 2.75 bits per heavy atom. The van der Waals surface area contributed by atoms with Crippen molar-refractivity contribution < 1.29 is 8.42 Å². The molecule has 1 aromatic rings. The molecule has 6 nitrogen and oxygen atoms in total. The molecule has 0 saturated heterocycles. The van der Waals surface area contributed by atoms with Gasteiger partial charge in [-0.2, -0.15) is 14.7 Å². The molecule has 0 aliphatic carbocycles. The SMILES string of the molecule is CCN(CCC#N)S(=O)(=O)c1cnn(C)c1. The van der Waals surface area contributed by atoms with Gasteiger partial charge in [-0.1, -0.05) is 6.92 Å². The second-order valence-electron chi connectivity index (χ2n) is 3.25. The molecule has 0 aliphatic rings. The zero-order valence-electron chi connectivity index (χ0n) is 9.29. The van der Waals surface area contributed by atoms with Crippen LogP contribution in [0.2, 0.25) is 0 Å². The van der Waals surface area contributed by atoms with Crippen molar-refractivity contribution in [1.29, 1.82) is 5.26 Å². The molecule has 1 heterocycles. The molecule has 16 heavy (non-hydrogen) atoms. The fourth-order valence-corrected chi connectivity index (χ4v) is 2.74. The lowest BCUT2D eigenvalue weighted by Gasteiger charge is -2.17. The van der Waals surface area contributed by atoms with Gasteiger partial charge in [-0.15, -0.1) is 0 Å². The quantitative estimate of drug-likeness (QED) is 0.746. The number of nitrogens with zero attached hydrogens (tertiary/aromatic N) is 4. The first-order chi connectivity index (χ1) is 7.52. The van der Waals surface area contributed by atoms with Gasteiger partial charge in [0, 0.05) is 32.8 Å². The maximum atomic E-state index is 12.0. The molecule has 0 atom stereocenters. The van der Waals surface area contributed by atoms with Gasteiger partial charge in [0.2, 0.25) is 10.0 Å². The van der Waals surface area contributed by atoms with Crippen molar-refractivity contribution in [2.75, 3.05) is 13.1 Å². The highest BCUT2D eigenvalue weighted by Gasteiger charge is 2.23. The molecule has 0 aliphatic heterocycles. The maximum Gasteiger partial charge on any atom is 0.246 e. The smallest absolute Gasteiger partial charge is 0.246 e. The highest BCUT2D eigenvalue weighted by Crippen LogP contribution is 2.14. The third kappa shape index (κ3) is 2.59. The topological polar surface area (TPSA) is 79.0 Å². The number of rotatable bonds is 5. The van der Waals surface area contributed by atoms with Gasteiger partial charge in [-0.25, -0.2) is 8.42 Å². The van der Waals surface area contributed by atoms with Crippen molar-refractivity contribution in [2.45, 2.75) is 18.2 Å². The molecular formula is C9H14N4O2S. The summed E-state index contributed by atoms with van der Waals surface area (Å²) in [5, 5.41) is 12.3. The summed E-state index contributed by atoms with van der Waals surface area (Å²) in [6.07, 6.45) is 2.95. The first-order valence-electron chi connectivity index (χ1n) is 4.88. The van der Waals surface area contributed by atoms with Crippen molar-refractivity contribution in [3.63, 3.8) is 0 Å². The van der Waals surface area contributed by atoms with Crippen molar-refractivity contribution >= 4 is 10.0 Å². The normalized spacial score (nSPS) is 11.6. The lowest BCUT2D eigenvalue weighted by molar-refractivity contribution is 0.435. The van der Waals surface area contributed by atoms with Crippen LogP contribution in [0.3, 0.4) is 0 Å². The largest absolute Gasteiger partial charge is 0.274 e. The predicted octanol–water partition coefficient (Wildman–Crippen LogP) is 0.344. The second-order valence-corrected chi connectivity index (χ2v) is 5.19. The Morgan fingerprint density at radius 1 is 1.62 bits per heavy atom. The summed E-state index contributed by atoms with van der Waals surface area (Å²) in [4.78, 5) is 0.162. The van der Waals surface area contributed by atoms with Crippen LogP contribution < -0.4 is 0 Å². The Hall–Kier alpha value is -1.39. The van der Waals surface area contributed by atoms with Crippen LogP contribution in [0.25, 0.3) is 0 Å². The summed E-state index contributed by atoms with van der Waals surface area (Å²) in [5.74, 6) is 0. The van der Waals surface area contributed by atoms with E-state index in [1.807, 2.05) is 6.07 Å². The van der Waals surface area contributed by atoms with Gasteiger partial charge < -0.3 is 0 Å². The van der Waals surface area contributed by atoms with E-state index in [9.17, 15) is 8.42 Å². The molecule has 0 unspecified atom stereocenters. The van der Waals surface area contributed by atoms with E-state index < -0.39 is 10.0 Å². The van der Waals surface area contributed by atoms with Crippen LogP contribution in [0, 0.1) is 11.3 Å². The molecular weight excluding hydrogens is 228 g/mol. The summed E-state index contributed by atoms with van der Waals surface area (Å²) < 4.78 is 26.8. The number of hydrogen-bond acceptors (Lipinski definition) is 4. The number of nitriles is 1. The van der Waals surface area contributed by atoms with Gasteiger partial charge in [-0.3, -0.25) is 4.68 Å². The number of aromatic nitrogens is 2. The Bertz CT molecular complexity index is 486. The van der Waals surface area contributed by atoms with E-state index in [4.69, 9.17) is 5.26 Å². The highest BCUT2D eigenvalue weighted by atomic mass is 32.2. The molecule has 0 saturated carbocycles. The molecule has 0 amide bonds. The lowest BCUT2D eigenvalue weighted by atomic mass is 10.5. The van der Waals surface area contributed by atoms with Crippen LogP contribution in [0.15, 0.2) is 17.3 Å².